The van der Waals surface area contributed by atoms with Gasteiger partial charge in [-0.25, -0.2) is 4.79 Å². The summed E-state index contributed by atoms with van der Waals surface area (Å²) in [6, 6.07) is 4.09. The lowest BCUT2D eigenvalue weighted by Crippen LogP contribution is -2.47. The maximum Gasteiger partial charge on any atom is 0.317 e. The molecule has 1 fully saturated rings. The van der Waals surface area contributed by atoms with Gasteiger partial charge in [0.05, 0.1) is 6.54 Å². The molecule has 0 bridgehead atoms. The summed E-state index contributed by atoms with van der Waals surface area (Å²) in [6.07, 6.45) is 1.15. The summed E-state index contributed by atoms with van der Waals surface area (Å²) in [7, 11) is 0. The highest BCUT2D eigenvalue weighted by Crippen LogP contribution is 2.09. The van der Waals surface area contributed by atoms with E-state index in [1.54, 1.807) is 11.3 Å². The third-order valence-corrected chi connectivity index (χ3v) is 3.01. The Morgan fingerprint density at radius 3 is 3.00 bits per heavy atom. The second-order valence-corrected chi connectivity index (χ2v) is 4.11. The Morgan fingerprint density at radius 1 is 1.62 bits per heavy atom. The highest BCUT2D eigenvalue weighted by molar-refractivity contribution is 7.09. The molecule has 0 aromatic carbocycles. The van der Waals surface area contributed by atoms with Gasteiger partial charge >= 0.3 is 6.03 Å². The molecule has 2 rings (SSSR count). The number of thiophene rings is 1. The van der Waals surface area contributed by atoms with Crippen LogP contribution < -0.4 is 5.32 Å². The number of carbonyl (C=O) groups is 1. The summed E-state index contributed by atoms with van der Waals surface area (Å²) >= 11 is 1.67. The van der Waals surface area contributed by atoms with Gasteiger partial charge in [-0.3, -0.25) is 0 Å². The maximum absolute atomic E-state index is 11.3. The quantitative estimate of drug-likeness (QED) is 0.766. The Kier molecular flexibility index (Phi) is 2.49. The second-order valence-electron chi connectivity index (χ2n) is 3.08. The van der Waals surface area contributed by atoms with E-state index in [1.807, 2.05) is 22.4 Å². The van der Waals surface area contributed by atoms with E-state index in [9.17, 15) is 4.79 Å². The van der Waals surface area contributed by atoms with E-state index in [0.29, 0.717) is 6.54 Å². The van der Waals surface area contributed by atoms with Crippen LogP contribution in [0.15, 0.2) is 17.5 Å². The van der Waals surface area contributed by atoms with Crippen molar-refractivity contribution < 1.29 is 4.79 Å². The van der Waals surface area contributed by atoms with Crippen LogP contribution in [-0.4, -0.2) is 24.0 Å². The number of hydrogen-bond donors (Lipinski definition) is 1. The third kappa shape index (κ3) is 2.01. The summed E-state index contributed by atoms with van der Waals surface area (Å²) in [5.41, 5.74) is 0. The molecule has 1 N–H and O–H groups in total. The molecule has 2 heterocycles. The van der Waals surface area contributed by atoms with Crippen LogP contribution in [0, 0.1) is 0 Å². The minimum Gasteiger partial charge on any atom is -0.333 e. The van der Waals surface area contributed by atoms with Crippen molar-refractivity contribution in [2.45, 2.75) is 13.0 Å². The van der Waals surface area contributed by atoms with E-state index in [2.05, 4.69) is 5.32 Å². The van der Waals surface area contributed by atoms with Gasteiger partial charge in [-0.1, -0.05) is 6.07 Å². The number of nitrogens with zero attached hydrogens (tertiary/aromatic N) is 1. The minimum atomic E-state index is 0.0691. The molecule has 70 valence electrons. The molecule has 0 saturated carbocycles. The van der Waals surface area contributed by atoms with E-state index in [-0.39, 0.29) is 6.03 Å². The van der Waals surface area contributed by atoms with Gasteiger partial charge in [-0.15, -0.1) is 11.3 Å². The number of rotatable bonds is 2. The van der Waals surface area contributed by atoms with Crippen LogP contribution in [0.2, 0.25) is 0 Å². The molecule has 1 saturated heterocycles. The zero-order valence-electron chi connectivity index (χ0n) is 7.32. The Labute approximate surface area is 81.4 Å². The highest BCUT2D eigenvalue weighted by atomic mass is 32.1. The van der Waals surface area contributed by atoms with Gasteiger partial charge < -0.3 is 10.2 Å². The summed E-state index contributed by atoms with van der Waals surface area (Å²) < 4.78 is 0. The molecular weight excluding hydrogens is 184 g/mol. The first-order valence-electron chi connectivity index (χ1n) is 4.41. The summed E-state index contributed by atoms with van der Waals surface area (Å²) in [5.74, 6) is 0. The topological polar surface area (TPSA) is 32.3 Å². The minimum absolute atomic E-state index is 0.0691. The molecule has 0 spiro atoms. The molecule has 0 atom stereocenters. The second kappa shape index (κ2) is 3.79. The van der Waals surface area contributed by atoms with Crippen molar-refractivity contribution in [1.82, 2.24) is 10.2 Å². The van der Waals surface area contributed by atoms with Crippen LogP contribution >= 0.6 is 11.3 Å². The van der Waals surface area contributed by atoms with E-state index < -0.39 is 0 Å². The van der Waals surface area contributed by atoms with Gasteiger partial charge in [0.15, 0.2) is 0 Å². The fourth-order valence-corrected chi connectivity index (χ4v) is 1.85. The van der Waals surface area contributed by atoms with Gasteiger partial charge in [0.25, 0.3) is 0 Å². The number of likely N-dealkylation sites (tertiary alicyclic amines) is 1. The summed E-state index contributed by atoms with van der Waals surface area (Å²) in [4.78, 5) is 14.4. The van der Waals surface area contributed by atoms with Gasteiger partial charge in [0, 0.05) is 18.0 Å². The summed E-state index contributed by atoms with van der Waals surface area (Å²) in [6.45, 7) is 2.49. The van der Waals surface area contributed by atoms with Crippen molar-refractivity contribution in [3.05, 3.63) is 22.4 Å². The molecule has 0 aliphatic carbocycles. The third-order valence-electron chi connectivity index (χ3n) is 2.14. The summed E-state index contributed by atoms with van der Waals surface area (Å²) in [5, 5.41) is 4.90. The number of urea groups is 1. The molecule has 0 radical (unpaired) electrons. The number of amides is 2. The predicted molar refractivity (Wildman–Crippen MR) is 52.7 cm³/mol. The van der Waals surface area contributed by atoms with E-state index in [0.717, 1.165) is 19.5 Å². The molecule has 2 amide bonds. The standard InChI is InChI=1S/C9H12N2OS/c12-9(11-4-2-5-11)10-7-8-3-1-6-13-8/h1,3,6H,2,4-5,7H2,(H,10,12). The van der Waals surface area contributed by atoms with Crippen LogP contribution in [0.5, 0.6) is 0 Å². The Hall–Kier alpha value is -1.03. The first kappa shape index (κ1) is 8.56. The van der Waals surface area contributed by atoms with Crippen LogP contribution in [-0.2, 0) is 6.54 Å². The molecule has 1 aliphatic rings. The van der Waals surface area contributed by atoms with Crippen LogP contribution in [0.3, 0.4) is 0 Å². The van der Waals surface area contributed by atoms with Crippen molar-refractivity contribution in [2.75, 3.05) is 13.1 Å². The normalized spacial score (nSPS) is 15.2. The SMILES string of the molecule is O=C(NCc1cccs1)N1CCC1. The van der Waals surface area contributed by atoms with Crippen LogP contribution in [0.4, 0.5) is 4.79 Å². The lowest BCUT2D eigenvalue weighted by atomic mass is 10.2. The molecule has 3 nitrogen and oxygen atoms in total. The van der Waals surface area contributed by atoms with Gasteiger partial charge in [0.1, 0.15) is 0 Å². The lowest BCUT2D eigenvalue weighted by molar-refractivity contribution is 0.167. The Balaban J connectivity index is 1.76. The van der Waals surface area contributed by atoms with Crippen LogP contribution in [0.1, 0.15) is 11.3 Å². The molecule has 1 aliphatic heterocycles. The van der Waals surface area contributed by atoms with Crippen LogP contribution in [0.25, 0.3) is 0 Å². The highest BCUT2D eigenvalue weighted by Gasteiger charge is 2.19. The zero-order chi connectivity index (χ0) is 9.10. The lowest BCUT2D eigenvalue weighted by Gasteiger charge is -2.30. The Morgan fingerprint density at radius 2 is 2.46 bits per heavy atom. The van der Waals surface area contributed by atoms with E-state index >= 15 is 0 Å². The van der Waals surface area contributed by atoms with E-state index in [4.69, 9.17) is 0 Å². The predicted octanol–water partition coefficient (Wildman–Crippen LogP) is 1.66. The Bertz CT molecular complexity index is 280. The largest absolute Gasteiger partial charge is 0.333 e. The first-order valence-corrected chi connectivity index (χ1v) is 5.29. The zero-order valence-corrected chi connectivity index (χ0v) is 8.14. The van der Waals surface area contributed by atoms with Gasteiger partial charge in [0.2, 0.25) is 0 Å². The van der Waals surface area contributed by atoms with E-state index in [1.165, 1.54) is 4.88 Å². The van der Waals surface area contributed by atoms with Gasteiger partial charge in [-0.2, -0.15) is 0 Å². The smallest absolute Gasteiger partial charge is 0.317 e. The number of carbonyl (C=O) groups excluding carboxylic acids is 1. The van der Waals surface area contributed by atoms with Crippen molar-refractivity contribution in [2.24, 2.45) is 0 Å². The van der Waals surface area contributed by atoms with Crippen molar-refractivity contribution in [1.29, 1.82) is 0 Å². The molecular formula is C9H12N2OS. The molecule has 0 unspecified atom stereocenters. The fourth-order valence-electron chi connectivity index (χ4n) is 1.21. The molecule has 13 heavy (non-hydrogen) atoms. The number of hydrogen-bond acceptors (Lipinski definition) is 2. The first-order chi connectivity index (χ1) is 6.36. The van der Waals surface area contributed by atoms with Crippen molar-refractivity contribution in [3.8, 4) is 0 Å². The average Bonchev–Trinajstić information content (AvgIpc) is 2.49. The fraction of sp³-hybridized carbons (Fsp3) is 0.444. The average molecular weight is 196 g/mol. The maximum atomic E-state index is 11.3. The molecule has 1 aromatic rings. The van der Waals surface area contributed by atoms with Crippen molar-refractivity contribution >= 4 is 17.4 Å². The molecule has 4 heteroatoms. The number of nitrogens with one attached hydrogen (secondary N) is 1. The van der Waals surface area contributed by atoms with Crippen molar-refractivity contribution in [3.63, 3.8) is 0 Å². The van der Waals surface area contributed by atoms with Gasteiger partial charge in [-0.05, 0) is 17.9 Å². The molecule has 1 aromatic heterocycles. The monoisotopic (exact) mass is 196 g/mol.